The van der Waals surface area contributed by atoms with Crippen LogP contribution in [-0.4, -0.2) is 47.5 Å². The lowest BCUT2D eigenvalue weighted by molar-refractivity contribution is 0.120. The van der Waals surface area contributed by atoms with Crippen molar-refractivity contribution in [1.82, 2.24) is 9.80 Å². The lowest BCUT2D eigenvalue weighted by atomic mass is 10.00. The predicted molar refractivity (Wildman–Crippen MR) is 130 cm³/mol. The minimum atomic E-state index is -0.154. The van der Waals surface area contributed by atoms with Crippen molar-refractivity contribution in [1.29, 1.82) is 5.26 Å². The van der Waals surface area contributed by atoms with Crippen molar-refractivity contribution < 1.29 is 4.79 Å². The number of urea groups is 1. The van der Waals surface area contributed by atoms with Gasteiger partial charge < -0.3 is 20.4 Å². The third kappa shape index (κ3) is 5.71. The third-order valence-corrected chi connectivity index (χ3v) is 5.89. The van der Waals surface area contributed by atoms with Gasteiger partial charge in [0.05, 0.1) is 6.04 Å². The van der Waals surface area contributed by atoms with Gasteiger partial charge in [0.1, 0.15) is 0 Å². The highest BCUT2D eigenvalue weighted by atomic mass is 35.5. The number of carbonyl (C=O) groups is 1. The Morgan fingerprint density at radius 3 is 2.53 bits per heavy atom. The summed E-state index contributed by atoms with van der Waals surface area (Å²) in [5.41, 5.74) is 3.82. The number of anilines is 2. The molecule has 1 atom stereocenters. The predicted octanol–water partition coefficient (Wildman–Crippen LogP) is 5.08. The molecule has 1 fully saturated rings. The van der Waals surface area contributed by atoms with Gasteiger partial charge in [0.2, 0.25) is 12.2 Å². The Bertz CT molecular complexity index is 1030. The Hall–Kier alpha value is -3.24. The van der Waals surface area contributed by atoms with E-state index in [0.29, 0.717) is 36.3 Å². The minimum Gasteiger partial charge on any atom is -0.335 e. The molecule has 3 rings (SSSR count). The average molecular weight is 453 g/mol. The van der Waals surface area contributed by atoms with E-state index >= 15 is 0 Å². The Morgan fingerprint density at radius 2 is 1.88 bits per heavy atom. The van der Waals surface area contributed by atoms with Gasteiger partial charge in [0, 0.05) is 36.0 Å². The molecule has 2 aromatic carbocycles. The molecule has 2 N–H and O–H groups in total. The van der Waals surface area contributed by atoms with Crippen LogP contribution in [0.1, 0.15) is 25.0 Å². The molecular formula is C24H29ClN6O. The van der Waals surface area contributed by atoms with E-state index in [0.717, 1.165) is 16.8 Å². The standard InChI is InChI=1S/C24H29ClN6O/c1-16(2)22-14-30(24(32)28-20-9-7-19(25)8-10-20)11-12-31(22)23(27-15-26)29-21-13-17(3)5-6-18(21)4/h5-10,13,16,22H,11-12,14H2,1-4H3,(H,27,29)(H,28,32). The number of guanidine groups is 1. The fourth-order valence-electron chi connectivity index (χ4n) is 3.77. The number of aryl methyl sites for hydroxylation is 2. The Balaban J connectivity index is 1.76. The summed E-state index contributed by atoms with van der Waals surface area (Å²) in [5, 5.41) is 16.2. The quantitative estimate of drug-likeness (QED) is 0.386. The summed E-state index contributed by atoms with van der Waals surface area (Å²) < 4.78 is 0. The van der Waals surface area contributed by atoms with Gasteiger partial charge in [-0.3, -0.25) is 0 Å². The fraction of sp³-hybridized carbons (Fsp3) is 0.375. The van der Waals surface area contributed by atoms with Crippen molar-refractivity contribution in [2.45, 2.75) is 33.7 Å². The zero-order chi connectivity index (χ0) is 23.3. The van der Waals surface area contributed by atoms with Gasteiger partial charge in [-0.2, -0.15) is 5.26 Å². The molecule has 1 saturated heterocycles. The summed E-state index contributed by atoms with van der Waals surface area (Å²) in [6, 6.07) is 13.0. The highest BCUT2D eigenvalue weighted by molar-refractivity contribution is 6.30. The first kappa shape index (κ1) is 23.4. The third-order valence-electron chi connectivity index (χ3n) is 5.64. The van der Waals surface area contributed by atoms with E-state index in [1.165, 1.54) is 0 Å². The largest absolute Gasteiger partial charge is 0.335 e. The van der Waals surface area contributed by atoms with Crippen LogP contribution in [0.25, 0.3) is 0 Å². The second kappa shape index (κ2) is 10.4. The zero-order valence-corrected chi connectivity index (χ0v) is 19.6. The van der Waals surface area contributed by atoms with Crippen LogP contribution < -0.4 is 10.6 Å². The van der Waals surface area contributed by atoms with Crippen LogP contribution >= 0.6 is 11.6 Å². The van der Waals surface area contributed by atoms with Gasteiger partial charge in [-0.25, -0.2) is 4.79 Å². The molecule has 0 aromatic heterocycles. The van der Waals surface area contributed by atoms with Crippen LogP contribution in [0.2, 0.25) is 5.02 Å². The molecule has 0 radical (unpaired) electrons. The molecule has 0 bridgehead atoms. The zero-order valence-electron chi connectivity index (χ0n) is 18.9. The number of nitrogens with zero attached hydrogens (tertiary/aromatic N) is 4. The SMILES string of the molecule is Cc1ccc(C)c(N/C(=N/C#N)N2CCN(C(=O)Nc3ccc(Cl)cc3)CC2C(C)C)c1. The van der Waals surface area contributed by atoms with Crippen LogP contribution in [-0.2, 0) is 0 Å². The van der Waals surface area contributed by atoms with Crippen LogP contribution in [0.3, 0.4) is 0 Å². The first-order valence-corrected chi connectivity index (χ1v) is 11.1. The average Bonchev–Trinajstić information content (AvgIpc) is 2.77. The second-order valence-corrected chi connectivity index (χ2v) is 8.80. The van der Waals surface area contributed by atoms with E-state index in [4.69, 9.17) is 11.6 Å². The molecule has 7 nitrogen and oxygen atoms in total. The summed E-state index contributed by atoms with van der Waals surface area (Å²) >= 11 is 5.93. The van der Waals surface area contributed by atoms with E-state index in [1.807, 2.05) is 32.2 Å². The molecule has 0 spiro atoms. The lowest BCUT2D eigenvalue weighted by Crippen LogP contribution is -2.60. The highest BCUT2D eigenvalue weighted by Crippen LogP contribution is 2.22. The van der Waals surface area contributed by atoms with Gasteiger partial charge in [-0.15, -0.1) is 4.99 Å². The Kier molecular flexibility index (Phi) is 7.60. The van der Waals surface area contributed by atoms with Crippen LogP contribution in [0.15, 0.2) is 47.5 Å². The van der Waals surface area contributed by atoms with Crippen molar-refractivity contribution in [3.63, 3.8) is 0 Å². The summed E-state index contributed by atoms with van der Waals surface area (Å²) in [6.45, 7) is 9.87. The van der Waals surface area contributed by atoms with Gasteiger partial charge in [-0.05, 0) is 61.2 Å². The van der Waals surface area contributed by atoms with Crippen LogP contribution in [0.4, 0.5) is 16.2 Å². The van der Waals surface area contributed by atoms with E-state index in [-0.39, 0.29) is 18.0 Å². The van der Waals surface area contributed by atoms with E-state index in [9.17, 15) is 10.1 Å². The molecule has 0 aliphatic carbocycles. The number of amides is 2. The molecule has 1 unspecified atom stereocenters. The maximum atomic E-state index is 12.9. The second-order valence-electron chi connectivity index (χ2n) is 8.37. The molecule has 2 amide bonds. The molecule has 168 valence electrons. The first-order chi connectivity index (χ1) is 15.3. The van der Waals surface area contributed by atoms with Gasteiger partial charge >= 0.3 is 6.03 Å². The van der Waals surface area contributed by atoms with E-state index < -0.39 is 0 Å². The van der Waals surface area contributed by atoms with Crippen molar-refractivity contribution >= 4 is 35.0 Å². The first-order valence-electron chi connectivity index (χ1n) is 10.7. The van der Waals surface area contributed by atoms with Gasteiger partial charge in [-0.1, -0.05) is 37.6 Å². The molecule has 1 aliphatic heterocycles. The number of carbonyl (C=O) groups excluding carboxylic acids is 1. The number of hydrogen-bond donors (Lipinski definition) is 2. The fourth-order valence-corrected chi connectivity index (χ4v) is 3.89. The maximum absolute atomic E-state index is 12.9. The number of rotatable bonds is 3. The van der Waals surface area contributed by atoms with Crippen molar-refractivity contribution in [2.75, 3.05) is 30.3 Å². The maximum Gasteiger partial charge on any atom is 0.321 e. The van der Waals surface area contributed by atoms with Gasteiger partial charge in [0.25, 0.3) is 0 Å². The Morgan fingerprint density at radius 1 is 1.16 bits per heavy atom. The summed E-state index contributed by atoms with van der Waals surface area (Å²) in [5.74, 6) is 0.753. The minimum absolute atomic E-state index is 0.00410. The number of nitrogens with one attached hydrogen (secondary N) is 2. The van der Waals surface area contributed by atoms with Crippen LogP contribution in [0.5, 0.6) is 0 Å². The monoisotopic (exact) mass is 452 g/mol. The molecule has 8 heteroatoms. The number of halogens is 1. The van der Waals surface area contributed by atoms with Crippen molar-refractivity contribution in [3.8, 4) is 6.19 Å². The van der Waals surface area contributed by atoms with Gasteiger partial charge in [0.15, 0.2) is 0 Å². The summed E-state index contributed by atoms with van der Waals surface area (Å²) in [4.78, 5) is 20.9. The smallest absolute Gasteiger partial charge is 0.321 e. The number of aliphatic imine (C=N–C) groups is 1. The molecular weight excluding hydrogens is 424 g/mol. The lowest BCUT2D eigenvalue weighted by Gasteiger charge is -2.44. The highest BCUT2D eigenvalue weighted by Gasteiger charge is 2.33. The molecule has 32 heavy (non-hydrogen) atoms. The normalized spacial score (nSPS) is 16.7. The molecule has 1 heterocycles. The summed E-state index contributed by atoms with van der Waals surface area (Å²) in [6.07, 6.45) is 1.93. The topological polar surface area (TPSA) is 83.8 Å². The molecule has 0 saturated carbocycles. The number of nitriles is 1. The van der Waals surface area contributed by atoms with Crippen molar-refractivity contribution in [3.05, 3.63) is 58.6 Å². The van der Waals surface area contributed by atoms with Crippen LogP contribution in [0, 0.1) is 31.2 Å². The molecule has 2 aromatic rings. The number of hydrogen-bond acceptors (Lipinski definition) is 3. The molecule has 1 aliphatic rings. The number of piperazine rings is 1. The van der Waals surface area contributed by atoms with E-state index in [1.54, 1.807) is 29.2 Å². The van der Waals surface area contributed by atoms with E-state index in [2.05, 4.69) is 40.4 Å². The Labute approximate surface area is 194 Å². The summed E-state index contributed by atoms with van der Waals surface area (Å²) in [7, 11) is 0. The van der Waals surface area contributed by atoms with Crippen molar-refractivity contribution in [2.24, 2.45) is 10.9 Å². The number of benzene rings is 2.